The van der Waals surface area contributed by atoms with Crippen LogP contribution in [0, 0.1) is 34.3 Å². The zero-order valence-electron chi connectivity index (χ0n) is 12.6. The minimum absolute atomic E-state index is 0.0158. The van der Waals surface area contributed by atoms with Crippen molar-refractivity contribution in [1.82, 2.24) is 14.5 Å². The van der Waals surface area contributed by atoms with Gasteiger partial charge in [-0.25, -0.2) is 0 Å². The summed E-state index contributed by atoms with van der Waals surface area (Å²) in [7, 11) is 0. The summed E-state index contributed by atoms with van der Waals surface area (Å²) < 4.78 is 1.62. The first-order valence-corrected chi connectivity index (χ1v) is 7.34. The Morgan fingerprint density at radius 2 is 2.36 bits per heavy atom. The van der Waals surface area contributed by atoms with Crippen LogP contribution in [-0.2, 0) is 11.3 Å². The largest absolute Gasteiger partial charge is 0.381 e. The summed E-state index contributed by atoms with van der Waals surface area (Å²) in [6.45, 7) is 3.20. The lowest BCUT2D eigenvalue weighted by Gasteiger charge is -2.21. The summed E-state index contributed by atoms with van der Waals surface area (Å²) in [5.41, 5.74) is 0. The zero-order valence-corrected chi connectivity index (χ0v) is 12.6. The van der Waals surface area contributed by atoms with E-state index in [2.05, 4.69) is 11.1 Å². The molecule has 1 aromatic rings. The highest BCUT2D eigenvalue weighted by molar-refractivity contribution is 5.76. The van der Waals surface area contributed by atoms with E-state index in [1.165, 1.54) is 6.20 Å². The van der Waals surface area contributed by atoms with Crippen molar-refractivity contribution in [2.75, 3.05) is 13.1 Å². The first-order chi connectivity index (χ1) is 10.5. The fraction of sp³-hybridized carbons (Fsp3) is 0.643. The van der Waals surface area contributed by atoms with Gasteiger partial charge in [-0.1, -0.05) is 0 Å². The van der Waals surface area contributed by atoms with Crippen LogP contribution in [0.15, 0.2) is 6.20 Å². The number of nitriles is 1. The van der Waals surface area contributed by atoms with Gasteiger partial charge in [0.15, 0.2) is 0 Å². The molecule has 8 nitrogen and oxygen atoms in total. The van der Waals surface area contributed by atoms with Crippen molar-refractivity contribution >= 4 is 11.7 Å². The Morgan fingerprint density at radius 3 is 2.91 bits per heavy atom. The van der Waals surface area contributed by atoms with E-state index in [-0.39, 0.29) is 18.1 Å². The number of carbonyl (C=O) groups excluding carboxylic acids is 1. The number of hydrogen-bond acceptors (Lipinski definition) is 5. The molecule has 0 unspecified atom stereocenters. The average Bonchev–Trinajstić information content (AvgIpc) is 3.22. The molecule has 1 aliphatic carbocycles. The molecule has 8 heteroatoms. The fourth-order valence-electron chi connectivity index (χ4n) is 2.30. The molecule has 0 N–H and O–H groups in total. The summed E-state index contributed by atoms with van der Waals surface area (Å²) in [5.74, 6) is 0.867. The molecule has 1 amide bonds. The Morgan fingerprint density at radius 1 is 1.64 bits per heavy atom. The zero-order chi connectivity index (χ0) is 16.1. The first kappa shape index (κ1) is 15.9. The molecule has 0 radical (unpaired) electrons. The fourth-order valence-corrected chi connectivity index (χ4v) is 2.30. The lowest BCUT2D eigenvalue weighted by molar-refractivity contribution is -0.389. The normalized spacial score (nSPS) is 13.6. The van der Waals surface area contributed by atoms with E-state index in [4.69, 9.17) is 5.26 Å². The molecule has 1 fully saturated rings. The van der Waals surface area contributed by atoms with Crippen LogP contribution in [0.4, 0.5) is 5.82 Å². The predicted molar refractivity (Wildman–Crippen MR) is 77.8 cm³/mol. The number of nitro groups is 1. The molecule has 0 atom stereocenters. The minimum Gasteiger partial charge on any atom is -0.358 e. The van der Waals surface area contributed by atoms with Crippen LogP contribution in [0.5, 0.6) is 0 Å². The maximum absolute atomic E-state index is 12.3. The predicted octanol–water partition coefficient (Wildman–Crippen LogP) is 1.64. The lowest BCUT2D eigenvalue weighted by atomic mass is 10.2. The molecule has 0 bridgehead atoms. The van der Waals surface area contributed by atoms with E-state index in [0.29, 0.717) is 37.8 Å². The van der Waals surface area contributed by atoms with E-state index in [9.17, 15) is 14.9 Å². The summed E-state index contributed by atoms with van der Waals surface area (Å²) >= 11 is 0. The van der Waals surface area contributed by atoms with Gasteiger partial charge >= 0.3 is 5.82 Å². The Balaban J connectivity index is 1.91. The summed E-state index contributed by atoms with van der Waals surface area (Å²) in [4.78, 5) is 28.0. The molecule has 1 saturated carbocycles. The van der Waals surface area contributed by atoms with E-state index < -0.39 is 4.92 Å². The third-order valence-electron chi connectivity index (χ3n) is 3.74. The van der Waals surface area contributed by atoms with Gasteiger partial charge in [-0.15, -0.1) is 0 Å². The van der Waals surface area contributed by atoms with Crippen molar-refractivity contribution in [2.24, 2.45) is 5.92 Å². The van der Waals surface area contributed by atoms with Crippen molar-refractivity contribution in [1.29, 1.82) is 5.26 Å². The van der Waals surface area contributed by atoms with Crippen molar-refractivity contribution in [2.45, 2.75) is 39.2 Å². The number of nitrogens with zero attached hydrogens (tertiary/aromatic N) is 5. The van der Waals surface area contributed by atoms with E-state index in [1.54, 1.807) is 16.4 Å². The van der Waals surface area contributed by atoms with Gasteiger partial charge in [-0.3, -0.25) is 4.79 Å². The van der Waals surface area contributed by atoms with Crippen LogP contribution < -0.4 is 0 Å². The molecule has 0 spiro atoms. The van der Waals surface area contributed by atoms with Gasteiger partial charge in [0, 0.05) is 33.0 Å². The number of rotatable bonds is 8. The third-order valence-corrected chi connectivity index (χ3v) is 3.74. The SMILES string of the molecule is Cc1nc([N+](=O)[O-])cn1CCC(=O)N(CCC#N)CC1CC1. The van der Waals surface area contributed by atoms with Crippen LogP contribution in [0.2, 0.25) is 0 Å². The van der Waals surface area contributed by atoms with Crippen LogP contribution in [0.3, 0.4) is 0 Å². The number of amides is 1. The van der Waals surface area contributed by atoms with Crippen molar-refractivity contribution < 1.29 is 9.72 Å². The van der Waals surface area contributed by atoms with Gasteiger partial charge < -0.3 is 19.6 Å². The second kappa shape index (κ2) is 7.02. The molecular formula is C14H19N5O3. The maximum atomic E-state index is 12.3. The molecule has 0 saturated heterocycles. The number of imidazole rings is 1. The molecule has 0 aliphatic heterocycles. The second-order valence-electron chi connectivity index (χ2n) is 5.54. The summed E-state index contributed by atoms with van der Waals surface area (Å²) in [5, 5.41) is 19.4. The smallest absolute Gasteiger partial charge is 0.358 e. The number of aromatic nitrogens is 2. The van der Waals surface area contributed by atoms with E-state index >= 15 is 0 Å². The van der Waals surface area contributed by atoms with Crippen LogP contribution in [0.1, 0.15) is 31.5 Å². The minimum atomic E-state index is -0.544. The van der Waals surface area contributed by atoms with Crippen molar-refractivity contribution in [3.05, 3.63) is 22.1 Å². The van der Waals surface area contributed by atoms with E-state index in [0.717, 1.165) is 12.8 Å². The number of aryl methyl sites for hydroxylation is 2. The molecule has 118 valence electrons. The van der Waals surface area contributed by atoms with Crippen LogP contribution in [0.25, 0.3) is 0 Å². The first-order valence-electron chi connectivity index (χ1n) is 7.34. The Bertz CT molecular complexity index is 600. The highest BCUT2D eigenvalue weighted by Gasteiger charge is 2.26. The van der Waals surface area contributed by atoms with Gasteiger partial charge in [-0.05, 0) is 28.7 Å². The highest BCUT2D eigenvalue weighted by atomic mass is 16.6. The monoisotopic (exact) mass is 305 g/mol. The van der Waals surface area contributed by atoms with E-state index in [1.807, 2.05) is 0 Å². The third kappa shape index (κ3) is 4.28. The maximum Gasteiger partial charge on any atom is 0.381 e. The molecule has 22 heavy (non-hydrogen) atoms. The van der Waals surface area contributed by atoms with Gasteiger partial charge in [0.1, 0.15) is 6.20 Å². The number of hydrogen-bond donors (Lipinski definition) is 0. The van der Waals surface area contributed by atoms with Crippen LogP contribution in [-0.4, -0.2) is 38.4 Å². The van der Waals surface area contributed by atoms with Gasteiger partial charge in [-0.2, -0.15) is 5.26 Å². The Labute approximate surface area is 128 Å². The van der Waals surface area contributed by atoms with Crippen molar-refractivity contribution in [3.63, 3.8) is 0 Å². The van der Waals surface area contributed by atoms with Gasteiger partial charge in [0.25, 0.3) is 0 Å². The van der Waals surface area contributed by atoms with Gasteiger partial charge in [0.05, 0.1) is 12.5 Å². The van der Waals surface area contributed by atoms with Crippen LogP contribution >= 0.6 is 0 Å². The molecular weight excluding hydrogens is 286 g/mol. The molecule has 1 aromatic heterocycles. The molecule has 0 aromatic carbocycles. The topological polar surface area (TPSA) is 105 Å². The Kier molecular flexibility index (Phi) is 5.09. The quantitative estimate of drug-likeness (QED) is 0.536. The highest BCUT2D eigenvalue weighted by Crippen LogP contribution is 2.30. The standard InChI is InChI=1S/C14H19N5O3/c1-11-16-13(19(21)22)10-17(11)8-5-14(20)18(7-2-6-15)9-12-3-4-12/h10,12H,2-5,7-9H2,1H3. The van der Waals surface area contributed by atoms with Gasteiger partial charge in [0.2, 0.25) is 11.7 Å². The second-order valence-corrected chi connectivity index (χ2v) is 5.54. The molecule has 1 aliphatic rings. The molecule has 2 rings (SSSR count). The Hall–Kier alpha value is -2.43. The average molecular weight is 305 g/mol. The lowest BCUT2D eigenvalue weighted by Crippen LogP contribution is -2.34. The summed E-state index contributed by atoms with van der Waals surface area (Å²) in [6.07, 6.45) is 4.22. The number of carbonyl (C=O) groups is 1. The molecule has 1 heterocycles. The van der Waals surface area contributed by atoms with Crippen molar-refractivity contribution in [3.8, 4) is 6.07 Å². The summed E-state index contributed by atoms with van der Waals surface area (Å²) in [6, 6.07) is 2.06.